The molecule has 0 spiro atoms. The molecule has 0 radical (unpaired) electrons. The van der Waals surface area contributed by atoms with E-state index in [2.05, 4.69) is 44.6 Å². The van der Waals surface area contributed by atoms with Crippen LogP contribution in [-0.2, 0) is 5.41 Å². The molecule has 1 heterocycles. The Morgan fingerprint density at radius 2 is 1.80 bits per heavy atom. The highest BCUT2D eigenvalue weighted by Crippen LogP contribution is 2.37. The van der Waals surface area contributed by atoms with Crippen molar-refractivity contribution in [3.05, 3.63) is 22.2 Å². The van der Waals surface area contributed by atoms with Gasteiger partial charge in [-0.25, -0.2) is 4.98 Å². The van der Waals surface area contributed by atoms with Crippen molar-refractivity contribution in [3.63, 3.8) is 0 Å². The molecule has 0 saturated heterocycles. The standard InChI is InChI=1S/C17H28N2S/c1-11(2)12-6-8-13(9-7-12)16-18-14(17(3,4)5)10-15(20)19-16/h10-13H,6-9H2,1-5H3,(H,18,19,20). The minimum atomic E-state index is 0.0976. The van der Waals surface area contributed by atoms with Crippen LogP contribution >= 0.6 is 12.2 Å². The van der Waals surface area contributed by atoms with Crippen LogP contribution < -0.4 is 0 Å². The number of aromatic nitrogens is 2. The molecule has 1 aromatic rings. The molecule has 0 amide bonds. The van der Waals surface area contributed by atoms with E-state index >= 15 is 0 Å². The Hall–Kier alpha value is -0.700. The van der Waals surface area contributed by atoms with Crippen molar-refractivity contribution < 1.29 is 0 Å². The summed E-state index contributed by atoms with van der Waals surface area (Å²) >= 11 is 5.36. The van der Waals surface area contributed by atoms with E-state index in [0.29, 0.717) is 5.92 Å². The highest BCUT2D eigenvalue weighted by atomic mass is 32.1. The van der Waals surface area contributed by atoms with Gasteiger partial charge >= 0.3 is 0 Å². The molecule has 1 aliphatic carbocycles. The fourth-order valence-corrected chi connectivity index (χ4v) is 3.35. The monoisotopic (exact) mass is 292 g/mol. The minimum absolute atomic E-state index is 0.0976. The fraction of sp³-hybridized carbons (Fsp3) is 0.765. The van der Waals surface area contributed by atoms with E-state index in [1.165, 1.54) is 31.4 Å². The number of nitrogens with one attached hydrogen (secondary N) is 1. The Morgan fingerprint density at radius 1 is 1.20 bits per heavy atom. The molecule has 1 aliphatic rings. The Balaban J connectivity index is 2.18. The SMILES string of the molecule is CC(C)C1CCC(c2nc(=S)cc(C(C)(C)C)[nH]2)CC1. The van der Waals surface area contributed by atoms with Gasteiger partial charge in [-0.2, -0.15) is 0 Å². The molecule has 0 atom stereocenters. The molecule has 0 unspecified atom stereocenters. The summed E-state index contributed by atoms with van der Waals surface area (Å²) in [5.41, 5.74) is 1.30. The maximum absolute atomic E-state index is 5.36. The Labute approximate surface area is 128 Å². The topological polar surface area (TPSA) is 28.7 Å². The van der Waals surface area contributed by atoms with E-state index in [1.54, 1.807) is 0 Å². The largest absolute Gasteiger partial charge is 0.346 e. The predicted octanol–water partition coefficient (Wildman–Crippen LogP) is 5.37. The first-order chi connectivity index (χ1) is 9.27. The van der Waals surface area contributed by atoms with Crippen LogP contribution in [0.25, 0.3) is 0 Å². The third-order valence-corrected chi connectivity index (χ3v) is 4.88. The Kier molecular flexibility index (Phi) is 4.68. The van der Waals surface area contributed by atoms with Crippen molar-refractivity contribution in [3.8, 4) is 0 Å². The van der Waals surface area contributed by atoms with Gasteiger partial charge in [-0.3, -0.25) is 0 Å². The van der Waals surface area contributed by atoms with E-state index < -0.39 is 0 Å². The van der Waals surface area contributed by atoms with Crippen LogP contribution in [0.1, 0.15) is 77.7 Å². The minimum Gasteiger partial charge on any atom is -0.346 e. The molecule has 0 aromatic carbocycles. The second-order valence-electron chi connectivity index (χ2n) is 7.62. The van der Waals surface area contributed by atoms with Crippen LogP contribution in [0.2, 0.25) is 0 Å². The molecule has 3 heteroatoms. The van der Waals surface area contributed by atoms with Gasteiger partial charge in [0, 0.05) is 17.0 Å². The summed E-state index contributed by atoms with van der Waals surface area (Å²) < 4.78 is 0.731. The number of hydrogen-bond acceptors (Lipinski definition) is 2. The van der Waals surface area contributed by atoms with E-state index in [1.807, 2.05) is 6.07 Å². The molecule has 1 aromatic heterocycles. The lowest BCUT2D eigenvalue weighted by Crippen LogP contribution is -2.21. The van der Waals surface area contributed by atoms with Gasteiger partial charge in [-0.1, -0.05) is 46.8 Å². The maximum Gasteiger partial charge on any atom is 0.130 e. The Bertz CT molecular complexity index is 502. The summed E-state index contributed by atoms with van der Waals surface area (Å²) in [7, 11) is 0. The molecule has 20 heavy (non-hydrogen) atoms. The zero-order valence-corrected chi connectivity index (χ0v) is 14.3. The molecule has 1 saturated carbocycles. The molecule has 1 N–H and O–H groups in total. The quantitative estimate of drug-likeness (QED) is 0.743. The van der Waals surface area contributed by atoms with Crippen LogP contribution in [0.3, 0.4) is 0 Å². The highest BCUT2D eigenvalue weighted by Gasteiger charge is 2.26. The summed E-state index contributed by atoms with van der Waals surface area (Å²) in [6.07, 6.45) is 5.14. The number of nitrogens with zero attached hydrogens (tertiary/aromatic N) is 1. The summed E-state index contributed by atoms with van der Waals surface area (Å²) in [6, 6.07) is 2.01. The summed E-state index contributed by atoms with van der Waals surface area (Å²) in [4.78, 5) is 8.16. The Morgan fingerprint density at radius 3 is 2.30 bits per heavy atom. The molecule has 0 aliphatic heterocycles. The van der Waals surface area contributed by atoms with Crippen LogP contribution in [0.4, 0.5) is 0 Å². The molecular weight excluding hydrogens is 264 g/mol. The van der Waals surface area contributed by atoms with Gasteiger partial charge in [0.1, 0.15) is 10.5 Å². The van der Waals surface area contributed by atoms with E-state index in [4.69, 9.17) is 12.2 Å². The predicted molar refractivity (Wildman–Crippen MR) is 87.7 cm³/mol. The number of H-pyrrole nitrogens is 1. The van der Waals surface area contributed by atoms with E-state index in [9.17, 15) is 0 Å². The molecule has 0 bridgehead atoms. The fourth-order valence-electron chi connectivity index (χ4n) is 3.13. The molecule has 2 rings (SSSR count). The summed E-state index contributed by atoms with van der Waals surface area (Å²) in [5, 5.41) is 0. The number of aromatic amines is 1. The van der Waals surface area contributed by atoms with Gasteiger partial charge in [0.05, 0.1) is 0 Å². The zero-order valence-electron chi connectivity index (χ0n) is 13.5. The lowest BCUT2D eigenvalue weighted by Gasteiger charge is -2.31. The van der Waals surface area contributed by atoms with Gasteiger partial charge in [0.25, 0.3) is 0 Å². The average Bonchev–Trinajstić information content (AvgIpc) is 2.37. The number of rotatable bonds is 2. The molecule has 1 fully saturated rings. The van der Waals surface area contributed by atoms with Crippen LogP contribution in [-0.4, -0.2) is 9.97 Å². The summed E-state index contributed by atoms with van der Waals surface area (Å²) in [5.74, 6) is 3.38. The van der Waals surface area contributed by atoms with Gasteiger partial charge in [-0.05, 0) is 43.6 Å². The maximum atomic E-state index is 5.36. The van der Waals surface area contributed by atoms with Gasteiger partial charge in [0.2, 0.25) is 0 Å². The van der Waals surface area contributed by atoms with Gasteiger partial charge < -0.3 is 4.98 Å². The first-order valence-corrected chi connectivity index (χ1v) is 8.30. The van der Waals surface area contributed by atoms with Crippen molar-refractivity contribution in [1.82, 2.24) is 9.97 Å². The first kappa shape index (κ1) is 15.7. The van der Waals surface area contributed by atoms with Crippen molar-refractivity contribution >= 4 is 12.2 Å². The van der Waals surface area contributed by atoms with Crippen LogP contribution in [0.15, 0.2) is 6.07 Å². The first-order valence-electron chi connectivity index (χ1n) is 7.89. The average molecular weight is 292 g/mol. The van der Waals surface area contributed by atoms with Crippen molar-refractivity contribution in [1.29, 1.82) is 0 Å². The smallest absolute Gasteiger partial charge is 0.130 e. The van der Waals surface area contributed by atoms with Crippen molar-refractivity contribution in [2.75, 3.05) is 0 Å². The van der Waals surface area contributed by atoms with Crippen molar-refractivity contribution in [2.45, 2.75) is 71.6 Å². The van der Waals surface area contributed by atoms with Crippen molar-refractivity contribution in [2.24, 2.45) is 11.8 Å². The second-order valence-corrected chi connectivity index (χ2v) is 8.04. The van der Waals surface area contributed by atoms with Crippen LogP contribution in [0, 0.1) is 16.5 Å². The second kappa shape index (κ2) is 5.97. The third-order valence-electron chi connectivity index (χ3n) is 4.67. The zero-order chi connectivity index (χ0) is 14.9. The molecular formula is C17H28N2S. The van der Waals surface area contributed by atoms with Gasteiger partial charge in [0.15, 0.2) is 0 Å². The van der Waals surface area contributed by atoms with Gasteiger partial charge in [-0.15, -0.1) is 0 Å². The number of hydrogen-bond donors (Lipinski definition) is 1. The molecule has 112 valence electrons. The van der Waals surface area contributed by atoms with E-state index in [-0.39, 0.29) is 5.41 Å². The van der Waals surface area contributed by atoms with Crippen LogP contribution in [0.5, 0.6) is 0 Å². The lowest BCUT2D eigenvalue weighted by atomic mass is 9.76. The highest BCUT2D eigenvalue weighted by molar-refractivity contribution is 7.71. The van der Waals surface area contributed by atoms with E-state index in [0.717, 1.165) is 22.3 Å². The molecule has 2 nitrogen and oxygen atoms in total. The summed E-state index contributed by atoms with van der Waals surface area (Å²) in [6.45, 7) is 11.3. The lowest BCUT2D eigenvalue weighted by molar-refractivity contribution is 0.254. The third kappa shape index (κ3) is 3.69. The normalized spacial score (nSPS) is 24.1.